The SMILES string of the molecule is CCN1CCC2(CC1)C(=O)N(C)c1cnc3ccc(-c4ccc(OCCCN5CCCCC5)nc4)cc3c12. The summed E-state index contributed by atoms with van der Waals surface area (Å²) in [4.78, 5) is 29.8. The van der Waals surface area contributed by atoms with Crippen LogP contribution >= 0.6 is 0 Å². The highest BCUT2D eigenvalue weighted by Gasteiger charge is 2.52. The van der Waals surface area contributed by atoms with Gasteiger partial charge in [0, 0.05) is 42.4 Å². The van der Waals surface area contributed by atoms with E-state index in [1.165, 1.54) is 32.4 Å². The number of carbonyl (C=O) groups excluding carboxylic acids is 1. The fourth-order valence-corrected chi connectivity index (χ4v) is 6.66. The number of piperidine rings is 2. The van der Waals surface area contributed by atoms with Crippen molar-refractivity contribution < 1.29 is 9.53 Å². The van der Waals surface area contributed by atoms with Crippen LogP contribution < -0.4 is 9.64 Å². The first-order chi connectivity index (χ1) is 18.6. The third kappa shape index (κ3) is 4.56. The lowest BCUT2D eigenvalue weighted by atomic mass is 9.72. The molecular formula is C31H39N5O2. The Bertz CT molecular complexity index is 1290. The number of amides is 1. The minimum atomic E-state index is -0.459. The van der Waals surface area contributed by atoms with Crippen LogP contribution in [0.1, 0.15) is 51.0 Å². The number of hydrogen-bond acceptors (Lipinski definition) is 6. The summed E-state index contributed by atoms with van der Waals surface area (Å²) in [6, 6.07) is 10.4. The van der Waals surface area contributed by atoms with Crippen molar-refractivity contribution in [3.05, 3.63) is 48.3 Å². The number of likely N-dealkylation sites (tertiary alicyclic amines) is 2. The third-order valence-electron chi connectivity index (χ3n) is 8.95. The van der Waals surface area contributed by atoms with E-state index in [4.69, 9.17) is 9.72 Å². The Morgan fingerprint density at radius 1 is 0.921 bits per heavy atom. The Morgan fingerprint density at radius 2 is 1.71 bits per heavy atom. The summed E-state index contributed by atoms with van der Waals surface area (Å²) < 4.78 is 5.94. The molecule has 1 aromatic carbocycles. The lowest BCUT2D eigenvalue weighted by Crippen LogP contribution is -2.48. The molecule has 0 bridgehead atoms. The van der Waals surface area contributed by atoms with E-state index in [9.17, 15) is 4.79 Å². The number of fused-ring (bicyclic) bond motifs is 4. The van der Waals surface area contributed by atoms with Gasteiger partial charge in [0.05, 0.1) is 29.4 Å². The van der Waals surface area contributed by atoms with Crippen LogP contribution in [0.25, 0.3) is 22.0 Å². The maximum absolute atomic E-state index is 13.6. The van der Waals surface area contributed by atoms with E-state index < -0.39 is 5.41 Å². The normalized spacial score (nSPS) is 19.8. The zero-order valence-electron chi connectivity index (χ0n) is 22.8. The van der Waals surface area contributed by atoms with Gasteiger partial charge in [-0.25, -0.2) is 4.98 Å². The van der Waals surface area contributed by atoms with Gasteiger partial charge >= 0.3 is 0 Å². The van der Waals surface area contributed by atoms with Gasteiger partial charge in [0.2, 0.25) is 11.8 Å². The second-order valence-electron chi connectivity index (χ2n) is 11.1. The molecule has 0 aliphatic carbocycles. The third-order valence-corrected chi connectivity index (χ3v) is 8.95. The maximum Gasteiger partial charge on any atom is 0.237 e. The van der Waals surface area contributed by atoms with Crippen LogP contribution in [0.3, 0.4) is 0 Å². The standard InChI is InChI=1S/C31H39N5O2/c1-3-35-17-12-31(13-18-35)29-25-20-23(8-10-26(25)32-22-27(29)34(2)30(31)37)24-9-11-28(33-21-24)38-19-7-16-36-14-5-4-6-15-36/h8-11,20-22H,3-7,12-19H2,1-2H3. The first kappa shape index (κ1) is 25.3. The molecule has 3 aliphatic heterocycles. The number of benzene rings is 1. The lowest BCUT2D eigenvalue weighted by molar-refractivity contribution is -0.124. The largest absolute Gasteiger partial charge is 0.478 e. The Morgan fingerprint density at radius 3 is 2.45 bits per heavy atom. The van der Waals surface area contributed by atoms with Crippen molar-refractivity contribution in [2.45, 2.75) is 50.9 Å². The molecular weight excluding hydrogens is 474 g/mol. The van der Waals surface area contributed by atoms with Crippen molar-refractivity contribution in [3.63, 3.8) is 0 Å². The van der Waals surface area contributed by atoms with Crippen LogP contribution in [-0.2, 0) is 10.2 Å². The number of carbonyl (C=O) groups is 1. The average Bonchev–Trinajstić information content (AvgIpc) is 3.18. The van der Waals surface area contributed by atoms with Gasteiger partial charge in [-0.15, -0.1) is 0 Å². The average molecular weight is 514 g/mol. The molecule has 38 heavy (non-hydrogen) atoms. The number of anilines is 1. The Kier molecular flexibility index (Phi) is 7.06. The van der Waals surface area contributed by atoms with E-state index in [2.05, 4.69) is 46.0 Å². The monoisotopic (exact) mass is 513 g/mol. The predicted molar refractivity (Wildman–Crippen MR) is 152 cm³/mol. The van der Waals surface area contributed by atoms with E-state index in [1.54, 1.807) is 0 Å². The highest BCUT2D eigenvalue weighted by Crippen LogP contribution is 2.50. The van der Waals surface area contributed by atoms with E-state index in [0.717, 1.165) is 78.7 Å². The number of pyridine rings is 2. The fraction of sp³-hybridized carbons (Fsp3) is 0.516. The molecule has 0 saturated carbocycles. The zero-order valence-corrected chi connectivity index (χ0v) is 22.8. The molecule has 200 valence electrons. The van der Waals surface area contributed by atoms with Gasteiger partial charge in [-0.05, 0) is 88.6 Å². The molecule has 2 saturated heterocycles. The van der Waals surface area contributed by atoms with E-state index >= 15 is 0 Å². The molecule has 2 fully saturated rings. The van der Waals surface area contributed by atoms with Gasteiger partial charge in [0.1, 0.15) is 0 Å². The van der Waals surface area contributed by atoms with Gasteiger partial charge in [0.15, 0.2) is 0 Å². The molecule has 7 nitrogen and oxygen atoms in total. The molecule has 5 heterocycles. The first-order valence-electron chi connectivity index (χ1n) is 14.3. The van der Waals surface area contributed by atoms with Crippen molar-refractivity contribution in [2.75, 3.05) is 57.8 Å². The fourth-order valence-electron chi connectivity index (χ4n) is 6.66. The minimum Gasteiger partial charge on any atom is -0.478 e. The first-order valence-corrected chi connectivity index (χ1v) is 14.3. The number of aromatic nitrogens is 2. The number of likely N-dealkylation sites (N-methyl/N-ethyl adjacent to an activating group) is 1. The van der Waals surface area contributed by atoms with Gasteiger partial charge in [-0.2, -0.15) is 0 Å². The molecule has 0 N–H and O–H groups in total. The second kappa shape index (κ2) is 10.6. The van der Waals surface area contributed by atoms with Gasteiger partial charge in [0.25, 0.3) is 0 Å². The molecule has 6 rings (SSSR count). The van der Waals surface area contributed by atoms with Crippen molar-refractivity contribution in [3.8, 4) is 17.0 Å². The topological polar surface area (TPSA) is 61.8 Å². The molecule has 3 aliphatic rings. The summed E-state index contributed by atoms with van der Waals surface area (Å²) in [6.45, 7) is 9.35. The Labute approximate surface area is 225 Å². The molecule has 0 radical (unpaired) electrons. The number of rotatable bonds is 7. The van der Waals surface area contributed by atoms with Crippen LogP contribution in [0, 0.1) is 0 Å². The van der Waals surface area contributed by atoms with E-state index in [-0.39, 0.29) is 5.91 Å². The predicted octanol–water partition coefficient (Wildman–Crippen LogP) is 4.88. The van der Waals surface area contributed by atoms with Gasteiger partial charge in [-0.1, -0.05) is 19.4 Å². The number of nitrogens with zero attached hydrogens (tertiary/aromatic N) is 5. The summed E-state index contributed by atoms with van der Waals surface area (Å²) in [5.41, 5.74) is 4.72. The summed E-state index contributed by atoms with van der Waals surface area (Å²) in [6.07, 6.45) is 10.5. The molecule has 7 heteroatoms. The second-order valence-corrected chi connectivity index (χ2v) is 11.1. The quantitative estimate of drug-likeness (QED) is 0.420. The summed E-state index contributed by atoms with van der Waals surface area (Å²) in [5, 5.41) is 1.08. The maximum atomic E-state index is 13.6. The highest BCUT2D eigenvalue weighted by molar-refractivity contribution is 6.12. The van der Waals surface area contributed by atoms with Gasteiger partial charge in [-0.3, -0.25) is 9.78 Å². The molecule has 2 aromatic heterocycles. The number of ether oxygens (including phenoxy) is 1. The van der Waals surface area contributed by atoms with E-state index in [1.807, 2.05) is 30.4 Å². The van der Waals surface area contributed by atoms with Crippen LogP contribution in [0.4, 0.5) is 5.69 Å². The molecule has 0 atom stereocenters. The van der Waals surface area contributed by atoms with Crippen LogP contribution in [0.2, 0.25) is 0 Å². The van der Waals surface area contributed by atoms with Crippen molar-refractivity contribution >= 4 is 22.5 Å². The van der Waals surface area contributed by atoms with Crippen molar-refractivity contribution in [2.24, 2.45) is 0 Å². The Hall–Kier alpha value is -3.03. The van der Waals surface area contributed by atoms with Crippen LogP contribution in [0.5, 0.6) is 5.88 Å². The summed E-state index contributed by atoms with van der Waals surface area (Å²) in [5.74, 6) is 0.885. The molecule has 1 amide bonds. The van der Waals surface area contributed by atoms with Crippen LogP contribution in [0.15, 0.2) is 42.7 Å². The van der Waals surface area contributed by atoms with Crippen molar-refractivity contribution in [1.82, 2.24) is 19.8 Å². The molecule has 1 spiro atoms. The Balaban J connectivity index is 1.22. The molecule has 3 aromatic rings. The highest BCUT2D eigenvalue weighted by atomic mass is 16.5. The smallest absolute Gasteiger partial charge is 0.237 e. The van der Waals surface area contributed by atoms with Crippen LogP contribution in [-0.4, -0.2) is 78.6 Å². The lowest BCUT2D eigenvalue weighted by Gasteiger charge is -2.38. The zero-order chi connectivity index (χ0) is 26.1. The minimum absolute atomic E-state index is 0.214. The number of hydrogen-bond donors (Lipinski definition) is 0. The van der Waals surface area contributed by atoms with Crippen molar-refractivity contribution in [1.29, 1.82) is 0 Å². The van der Waals surface area contributed by atoms with Gasteiger partial charge < -0.3 is 19.4 Å². The summed E-state index contributed by atoms with van der Waals surface area (Å²) >= 11 is 0. The summed E-state index contributed by atoms with van der Waals surface area (Å²) in [7, 11) is 1.90. The van der Waals surface area contributed by atoms with E-state index in [0.29, 0.717) is 12.5 Å². The molecule has 0 unspecified atom stereocenters.